The van der Waals surface area contributed by atoms with Gasteiger partial charge < -0.3 is 15.8 Å². The Bertz CT molecular complexity index is 617. The summed E-state index contributed by atoms with van der Waals surface area (Å²) in [6, 6.07) is 12.9. The minimum absolute atomic E-state index is 0.108. The lowest BCUT2D eigenvalue weighted by Gasteiger charge is -2.07. The van der Waals surface area contributed by atoms with Crippen molar-refractivity contribution in [3.63, 3.8) is 0 Å². The molecule has 2 rings (SSSR count). The van der Waals surface area contributed by atoms with Gasteiger partial charge in [0, 0.05) is 23.9 Å². The topological polar surface area (TPSA) is 64.3 Å². The number of hydrogen-bond acceptors (Lipinski definition) is 3. The van der Waals surface area contributed by atoms with E-state index in [0.29, 0.717) is 36.6 Å². The van der Waals surface area contributed by atoms with Gasteiger partial charge in [-0.2, -0.15) is 0 Å². The van der Waals surface area contributed by atoms with E-state index in [-0.39, 0.29) is 11.7 Å². The molecule has 4 nitrogen and oxygen atoms in total. The van der Waals surface area contributed by atoms with Gasteiger partial charge in [-0.3, -0.25) is 4.79 Å². The zero-order chi connectivity index (χ0) is 15.1. The normalized spacial score (nSPS) is 10.1. The van der Waals surface area contributed by atoms with Crippen molar-refractivity contribution in [2.24, 2.45) is 0 Å². The number of nitrogen functional groups attached to an aromatic ring is 1. The maximum Gasteiger partial charge on any atom is 0.224 e. The second-order valence-electron chi connectivity index (χ2n) is 4.58. The third-order valence-electron chi connectivity index (χ3n) is 2.78. The van der Waals surface area contributed by atoms with E-state index in [0.717, 1.165) is 0 Å². The molecule has 2 aromatic carbocycles. The van der Waals surface area contributed by atoms with Gasteiger partial charge in [-0.1, -0.05) is 12.1 Å². The SMILES string of the molecule is Nc1cccc(NC(=O)CCCOc2cccc(F)c2)c1. The molecule has 0 bridgehead atoms. The fourth-order valence-electron chi connectivity index (χ4n) is 1.82. The van der Waals surface area contributed by atoms with Gasteiger partial charge in [0.25, 0.3) is 0 Å². The number of carbonyl (C=O) groups is 1. The molecule has 5 heteroatoms. The summed E-state index contributed by atoms with van der Waals surface area (Å²) in [5, 5.41) is 2.76. The first-order valence-corrected chi connectivity index (χ1v) is 6.67. The van der Waals surface area contributed by atoms with Crippen molar-refractivity contribution in [3.8, 4) is 5.75 Å². The third-order valence-corrected chi connectivity index (χ3v) is 2.78. The first kappa shape index (κ1) is 14.8. The van der Waals surface area contributed by atoms with E-state index in [9.17, 15) is 9.18 Å². The van der Waals surface area contributed by atoms with Crippen LogP contribution in [0.15, 0.2) is 48.5 Å². The van der Waals surface area contributed by atoms with Crippen LogP contribution < -0.4 is 15.8 Å². The van der Waals surface area contributed by atoms with Crippen LogP contribution in [0.25, 0.3) is 0 Å². The highest BCUT2D eigenvalue weighted by Gasteiger charge is 2.03. The summed E-state index contributed by atoms with van der Waals surface area (Å²) in [5.41, 5.74) is 6.90. The van der Waals surface area contributed by atoms with Crippen molar-refractivity contribution >= 4 is 17.3 Å². The fraction of sp³-hybridized carbons (Fsp3) is 0.188. The number of carbonyl (C=O) groups excluding carboxylic acids is 1. The largest absolute Gasteiger partial charge is 0.493 e. The van der Waals surface area contributed by atoms with Gasteiger partial charge in [0.15, 0.2) is 0 Å². The zero-order valence-corrected chi connectivity index (χ0v) is 11.5. The molecule has 0 atom stereocenters. The molecular formula is C16H17FN2O2. The number of halogens is 1. The number of rotatable bonds is 6. The lowest BCUT2D eigenvalue weighted by Crippen LogP contribution is -2.12. The molecule has 3 N–H and O–H groups in total. The number of benzene rings is 2. The Labute approximate surface area is 122 Å². The van der Waals surface area contributed by atoms with Crippen LogP contribution >= 0.6 is 0 Å². The summed E-state index contributed by atoms with van der Waals surface area (Å²) in [6.07, 6.45) is 0.870. The quantitative estimate of drug-likeness (QED) is 0.633. The maximum absolute atomic E-state index is 12.9. The van der Waals surface area contributed by atoms with Crippen LogP contribution in [0.3, 0.4) is 0 Å². The first-order valence-electron chi connectivity index (χ1n) is 6.67. The molecule has 21 heavy (non-hydrogen) atoms. The van der Waals surface area contributed by atoms with Gasteiger partial charge in [-0.05, 0) is 36.8 Å². The molecule has 2 aromatic rings. The minimum atomic E-state index is -0.341. The Kier molecular flexibility index (Phi) is 5.15. The van der Waals surface area contributed by atoms with Gasteiger partial charge >= 0.3 is 0 Å². The number of nitrogens with two attached hydrogens (primary N) is 1. The van der Waals surface area contributed by atoms with Gasteiger partial charge in [0.05, 0.1) is 6.61 Å². The first-order chi connectivity index (χ1) is 10.1. The van der Waals surface area contributed by atoms with Gasteiger partial charge in [-0.25, -0.2) is 4.39 Å². The number of amides is 1. The maximum atomic E-state index is 12.9. The summed E-state index contributed by atoms with van der Waals surface area (Å²) >= 11 is 0. The molecule has 110 valence electrons. The van der Waals surface area contributed by atoms with Crippen LogP contribution in [0.2, 0.25) is 0 Å². The Morgan fingerprint density at radius 3 is 2.76 bits per heavy atom. The standard InChI is InChI=1S/C16H17FN2O2/c17-12-4-1-7-15(10-12)21-9-3-8-16(20)19-14-6-2-5-13(18)11-14/h1-2,4-7,10-11H,3,8-9,18H2,(H,19,20). The minimum Gasteiger partial charge on any atom is -0.493 e. The molecule has 0 aromatic heterocycles. The summed E-state index contributed by atoms with van der Waals surface area (Å²) in [6.45, 7) is 0.355. The van der Waals surface area contributed by atoms with E-state index >= 15 is 0 Å². The van der Waals surface area contributed by atoms with Crippen LogP contribution in [0.5, 0.6) is 5.75 Å². The Balaban J connectivity index is 1.70. The van der Waals surface area contributed by atoms with Crippen LogP contribution in [-0.4, -0.2) is 12.5 Å². The fourth-order valence-corrected chi connectivity index (χ4v) is 1.82. The van der Waals surface area contributed by atoms with Crippen LogP contribution in [0.4, 0.5) is 15.8 Å². The lowest BCUT2D eigenvalue weighted by atomic mass is 10.2. The van der Waals surface area contributed by atoms with E-state index < -0.39 is 0 Å². The van der Waals surface area contributed by atoms with E-state index in [1.54, 1.807) is 36.4 Å². The van der Waals surface area contributed by atoms with Gasteiger partial charge in [-0.15, -0.1) is 0 Å². The molecule has 0 aliphatic heterocycles. The van der Waals surface area contributed by atoms with E-state index in [1.807, 2.05) is 0 Å². The average Bonchev–Trinajstić information content (AvgIpc) is 2.44. The molecule has 0 heterocycles. The lowest BCUT2D eigenvalue weighted by molar-refractivity contribution is -0.116. The molecule has 0 saturated heterocycles. The number of anilines is 2. The number of hydrogen-bond donors (Lipinski definition) is 2. The predicted octanol–water partition coefficient (Wildman–Crippen LogP) is 3.21. The average molecular weight is 288 g/mol. The monoisotopic (exact) mass is 288 g/mol. The van der Waals surface area contributed by atoms with Gasteiger partial charge in [0.2, 0.25) is 5.91 Å². The van der Waals surface area contributed by atoms with Crippen molar-refractivity contribution < 1.29 is 13.9 Å². The highest BCUT2D eigenvalue weighted by molar-refractivity contribution is 5.91. The van der Waals surface area contributed by atoms with Crippen molar-refractivity contribution in [3.05, 3.63) is 54.3 Å². The van der Waals surface area contributed by atoms with Gasteiger partial charge in [0.1, 0.15) is 11.6 Å². The van der Waals surface area contributed by atoms with Crippen LogP contribution in [0, 0.1) is 5.82 Å². The van der Waals surface area contributed by atoms with Crippen molar-refractivity contribution in [2.45, 2.75) is 12.8 Å². The molecule has 0 spiro atoms. The van der Waals surface area contributed by atoms with Crippen LogP contribution in [-0.2, 0) is 4.79 Å². The zero-order valence-electron chi connectivity index (χ0n) is 11.5. The molecule has 1 amide bonds. The summed E-state index contributed by atoms with van der Waals surface area (Å²) in [5.74, 6) is 0.0154. The number of nitrogens with one attached hydrogen (secondary N) is 1. The summed E-state index contributed by atoms with van der Waals surface area (Å²) in [4.78, 5) is 11.7. The summed E-state index contributed by atoms with van der Waals surface area (Å²) in [7, 11) is 0. The second kappa shape index (κ2) is 7.28. The number of ether oxygens (including phenoxy) is 1. The second-order valence-corrected chi connectivity index (χ2v) is 4.58. The van der Waals surface area contributed by atoms with Crippen LogP contribution in [0.1, 0.15) is 12.8 Å². The third kappa shape index (κ3) is 5.14. The Morgan fingerprint density at radius 1 is 1.19 bits per heavy atom. The smallest absolute Gasteiger partial charge is 0.224 e. The molecule has 0 aliphatic carbocycles. The molecule has 0 radical (unpaired) electrons. The van der Waals surface area contributed by atoms with E-state index in [4.69, 9.17) is 10.5 Å². The molecule has 0 aliphatic rings. The van der Waals surface area contributed by atoms with Crippen molar-refractivity contribution in [1.82, 2.24) is 0 Å². The Morgan fingerprint density at radius 2 is 2.00 bits per heavy atom. The van der Waals surface area contributed by atoms with Crippen molar-refractivity contribution in [1.29, 1.82) is 0 Å². The summed E-state index contributed by atoms with van der Waals surface area (Å²) < 4.78 is 18.3. The molecule has 0 unspecified atom stereocenters. The van der Waals surface area contributed by atoms with Crippen molar-refractivity contribution in [2.75, 3.05) is 17.7 Å². The van der Waals surface area contributed by atoms with E-state index in [2.05, 4.69) is 5.32 Å². The molecule has 0 saturated carbocycles. The highest BCUT2D eigenvalue weighted by Crippen LogP contribution is 2.14. The molecule has 0 fully saturated rings. The Hall–Kier alpha value is -2.56. The van der Waals surface area contributed by atoms with E-state index in [1.165, 1.54) is 12.1 Å². The molecular weight excluding hydrogens is 271 g/mol. The predicted molar refractivity (Wildman–Crippen MR) is 80.6 cm³/mol. The highest BCUT2D eigenvalue weighted by atomic mass is 19.1.